The lowest BCUT2D eigenvalue weighted by atomic mass is 10.6. The van der Waals surface area contributed by atoms with Crippen molar-refractivity contribution in [3.05, 3.63) is 0 Å². The Bertz CT molecular complexity index is 194. The molecule has 0 rings (SSSR count). The van der Waals surface area contributed by atoms with Gasteiger partial charge in [0.2, 0.25) is 0 Å². The molecule has 0 atom stereocenters. The maximum Gasteiger partial charge on any atom is 0.415 e. The molecular weight excluding hydrogens is 186 g/mol. The predicted octanol–water partition coefficient (Wildman–Crippen LogP) is 0.00370. The summed E-state index contributed by atoms with van der Waals surface area (Å²) in [5.41, 5.74) is 0. The van der Waals surface area contributed by atoms with Crippen molar-refractivity contribution < 1.29 is 14.3 Å². The van der Waals surface area contributed by atoms with Gasteiger partial charge in [0.25, 0.3) is 0 Å². The van der Waals surface area contributed by atoms with E-state index in [1.54, 1.807) is 6.92 Å². The van der Waals surface area contributed by atoms with Crippen LogP contribution in [0.15, 0.2) is 0 Å². The minimum absolute atomic E-state index is 0.247. The zero-order chi connectivity index (χ0) is 11.0. The summed E-state index contributed by atoms with van der Waals surface area (Å²) in [6.07, 6.45) is -0.727. The third kappa shape index (κ3) is 7.35. The van der Waals surface area contributed by atoms with Gasteiger partial charge in [0.15, 0.2) is 0 Å². The Balaban J connectivity index is 3.50. The van der Waals surface area contributed by atoms with E-state index in [1.807, 2.05) is 24.3 Å². The largest absolute Gasteiger partial charge is 0.450 e. The van der Waals surface area contributed by atoms with Crippen LogP contribution in [0, 0.1) is 0 Å². The Morgan fingerprint density at radius 3 is 2.50 bits per heavy atom. The lowest BCUT2D eigenvalue weighted by molar-refractivity contribution is 0.153. The van der Waals surface area contributed by atoms with Crippen molar-refractivity contribution in [2.45, 2.75) is 6.92 Å². The Labute approximate surface area is 83.6 Å². The van der Waals surface area contributed by atoms with E-state index < -0.39 is 12.1 Å². The molecule has 14 heavy (non-hydrogen) atoms. The highest BCUT2D eigenvalue weighted by atomic mass is 16.5. The number of ether oxygens (including phenoxy) is 1. The molecule has 0 bridgehead atoms. The Kier molecular flexibility index (Phi) is 6.47. The van der Waals surface area contributed by atoms with E-state index in [2.05, 4.69) is 10.1 Å². The minimum atomic E-state index is -0.727. The molecule has 0 aliphatic carbocycles. The smallest absolute Gasteiger partial charge is 0.415 e. The van der Waals surface area contributed by atoms with Crippen molar-refractivity contribution in [1.82, 2.24) is 15.5 Å². The molecule has 0 saturated carbocycles. The first-order valence-corrected chi connectivity index (χ1v) is 4.42. The van der Waals surface area contributed by atoms with E-state index in [0.717, 1.165) is 6.54 Å². The highest BCUT2D eigenvalue weighted by Gasteiger charge is 2.06. The van der Waals surface area contributed by atoms with Crippen molar-refractivity contribution in [3.63, 3.8) is 0 Å². The Hall–Kier alpha value is -1.30. The van der Waals surface area contributed by atoms with Crippen LogP contribution in [-0.2, 0) is 4.74 Å². The Morgan fingerprint density at radius 1 is 1.36 bits per heavy atom. The van der Waals surface area contributed by atoms with E-state index in [0.29, 0.717) is 6.54 Å². The van der Waals surface area contributed by atoms with E-state index >= 15 is 0 Å². The van der Waals surface area contributed by atoms with Crippen LogP contribution in [0.2, 0.25) is 0 Å². The molecule has 82 valence electrons. The normalized spacial score (nSPS) is 9.71. The SMILES string of the molecule is CCOC(=O)NC(=O)NCCN(C)C. The third-order valence-electron chi connectivity index (χ3n) is 1.34. The van der Waals surface area contributed by atoms with Gasteiger partial charge in [-0.2, -0.15) is 0 Å². The molecule has 0 saturated heterocycles. The van der Waals surface area contributed by atoms with E-state index in [4.69, 9.17) is 0 Å². The second-order valence-corrected chi connectivity index (χ2v) is 2.90. The number of nitrogens with zero attached hydrogens (tertiary/aromatic N) is 1. The fourth-order valence-corrected chi connectivity index (χ4v) is 0.697. The molecule has 3 amide bonds. The van der Waals surface area contributed by atoms with Crippen LogP contribution in [0.5, 0.6) is 0 Å². The zero-order valence-corrected chi connectivity index (χ0v) is 8.79. The first kappa shape index (κ1) is 12.7. The Morgan fingerprint density at radius 2 is 2.00 bits per heavy atom. The summed E-state index contributed by atoms with van der Waals surface area (Å²) >= 11 is 0. The maximum atomic E-state index is 11.0. The van der Waals surface area contributed by atoms with Gasteiger partial charge in [-0.25, -0.2) is 14.9 Å². The summed E-state index contributed by atoms with van der Waals surface area (Å²) in [7, 11) is 3.79. The third-order valence-corrected chi connectivity index (χ3v) is 1.34. The highest BCUT2D eigenvalue weighted by molar-refractivity contribution is 5.90. The molecule has 0 spiro atoms. The lowest BCUT2D eigenvalue weighted by Crippen LogP contribution is -2.42. The van der Waals surface area contributed by atoms with Crippen LogP contribution < -0.4 is 10.6 Å². The molecule has 0 aromatic carbocycles. The van der Waals surface area contributed by atoms with Gasteiger partial charge in [-0.15, -0.1) is 0 Å². The average Bonchev–Trinajstić information content (AvgIpc) is 2.03. The van der Waals surface area contributed by atoms with Gasteiger partial charge < -0.3 is 15.0 Å². The van der Waals surface area contributed by atoms with Crippen LogP contribution >= 0.6 is 0 Å². The number of nitrogens with one attached hydrogen (secondary N) is 2. The second kappa shape index (κ2) is 7.14. The topological polar surface area (TPSA) is 70.7 Å². The van der Waals surface area contributed by atoms with E-state index in [9.17, 15) is 9.59 Å². The van der Waals surface area contributed by atoms with Crippen molar-refractivity contribution >= 4 is 12.1 Å². The quantitative estimate of drug-likeness (QED) is 0.675. The van der Waals surface area contributed by atoms with Gasteiger partial charge >= 0.3 is 12.1 Å². The molecule has 0 radical (unpaired) electrons. The number of carbonyl (C=O) groups is 2. The van der Waals surface area contributed by atoms with Crippen LogP contribution in [0.25, 0.3) is 0 Å². The highest BCUT2D eigenvalue weighted by Crippen LogP contribution is 1.76. The van der Waals surface area contributed by atoms with E-state index in [1.165, 1.54) is 0 Å². The number of amides is 3. The monoisotopic (exact) mass is 203 g/mol. The van der Waals surface area contributed by atoms with Crippen molar-refractivity contribution in [2.24, 2.45) is 0 Å². The van der Waals surface area contributed by atoms with Gasteiger partial charge in [0, 0.05) is 13.1 Å². The van der Waals surface area contributed by atoms with Gasteiger partial charge in [0.1, 0.15) is 0 Å². The summed E-state index contributed by atoms with van der Waals surface area (Å²) in [5, 5.41) is 4.54. The van der Waals surface area contributed by atoms with Crippen LogP contribution in [0.3, 0.4) is 0 Å². The number of likely N-dealkylation sites (N-methyl/N-ethyl adjacent to an activating group) is 1. The van der Waals surface area contributed by atoms with Crippen molar-refractivity contribution in [1.29, 1.82) is 0 Å². The molecule has 0 aromatic heterocycles. The molecule has 0 heterocycles. The summed E-state index contributed by atoms with van der Waals surface area (Å²) in [5.74, 6) is 0. The summed E-state index contributed by atoms with van der Waals surface area (Å²) in [4.78, 5) is 23.6. The molecular formula is C8H17N3O3. The van der Waals surface area contributed by atoms with Crippen LogP contribution in [0.1, 0.15) is 6.92 Å². The van der Waals surface area contributed by atoms with Gasteiger partial charge in [0.05, 0.1) is 6.61 Å². The van der Waals surface area contributed by atoms with Gasteiger partial charge in [-0.1, -0.05) is 0 Å². The van der Waals surface area contributed by atoms with Gasteiger partial charge in [-0.3, -0.25) is 0 Å². The number of imide groups is 1. The fraction of sp³-hybridized carbons (Fsp3) is 0.750. The van der Waals surface area contributed by atoms with Crippen LogP contribution in [-0.4, -0.2) is 50.8 Å². The number of alkyl carbamates (subject to hydrolysis) is 1. The maximum absolute atomic E-state index is 11.0. The molecule has 0 fully saturated rings. The summed E-state index contributed by atoms with van der Waals surface area (Å²) in [6.45, 7) is 3.12. The second-order valence-electron chi connectivity index (χ2n) is 2.90. The molecule has 6 heteroatoms. The average molecular weight is 203 g/mol. The lowest BCUT2D eigenvalue weighted by Gasteiger charge is -2.10. The van der Waals surface area contributed by atoms with Crippen molar-refractivity contribution in [2.75, 3.05) is 33.8 Å². The molecule has 0 unspecified atom stereocenters. The van der Waals surface area contributed by atoms with E-state index in [-0.39, 0.29) is 6.61 Å². The number of urea groups is 1. The summed E-state index contributed by atoms with van der Waals surface area (Å²) < 4.78 is 4.52. The zero-order valence-electron chi connectivity index (χ0n) is 8.79. The number of hydrogen-bond acceptors (Lipinski definition) is 4. The molecule has 0 aliphatic rings. The molecule has 0 aliphatic heterocycles. The minimum Gasteiger partial charge on any atom is -0.450 e. The summed E-state index contributed by atoms with van der Waals surface area (Å²) in [6, 6.07) is -0.537. The first-order chi connectivity index (χ1) is 6.56. The fourth-order valence-electron chi connectivity index (χ4n) is 0.697. The number of carbonyl (C=O) groups excluding carboxylic acids is 2. The van der Waals surface area contributed by atoms with Gasteiger partial charge in [-0.05, 0) is 21.0 Å². The van der Waals surface area contributed by atoms with Crippen LogP contribution in [0.4, 0.5) is 9.59 Å². The molecule has 2 N–H and O–H groups in total. The molecule has 0 aromatic rings. The number of hydrogen-bond donors (Lipinski definition) is 2. The standard InChI is InChI=1S/C8H17N3O3/c1-4-14-8(13)10-7(12)9-5-6-11(2)3/h4-6H2,1-3H3,(H2,9,10,12,13). The molecule has 6 nitrogen and oxygen atoms in total. The van der Waals surface area contributed by atoms with Crippen molar-refractivity contribution in [3.8, 4) is 0 Å². The number of rotatable bonds is 4. The first-order valence-electron chi connectivity index (χ1n) is 4.42. The predicted molar refractivity (Wildman–Crippen MR) is 52.1 cm³/mol.